The Hall–Kier alpha value is -2.82. The Morgan fingerprint density at radius 3 is 2.62 bits per heavy atom. The molecular formula is C19H19NO4. The van der Waals surface area contributed by atoms with Gasteiger partial charge >= 0.3 is 12.1 Å². The van der Waals surface area contributed by atoms with Crippen molar-refractivity contribution >= 4 is 12.1 Å². The summed E-state index contributed by atoms with van der Waals surface area (Å²) < 4.78 is 5.41. The molecule has 1 amide bonds. The van der Waals surface area contributed by atoms with Gasteiger partial charge in [0.1, 0.15) is 6.61 Å². The molecule has 2 aromatic rings. The van der Waals surface area contributed by atoms with Crippen molar-refractivity contribution in [2.24, 2.45) is 0 Å². The first-order valence-electron chi connectivity index (χ1n) is 7.87. The minimum absolute atomic E-state index is 0.0372. The highest BCUT2D eigenvalue weighted by atomic mass is 16.6. The molecule has 5 heteroatoms. The van der Waals surface area contributed by atoms with E-state index < -0.39 is 5.97 Å². The summed E-state index contributed by atoms with van der Waals surface area (Å²) >= 11 is 0. The Kier molecular flexibility index (Phi) is 4.51. The fourth-order valence-corrected chi connectivity index (χ4v) is 2.92. The Labute approximate surface area is 140 Å². The normalized spacial score (nSPS) is 16.4. The monoisotopic (exact) mass is 325 g/mol. The van der Waals surface area contributed by atoms with Gasteiger partial charge in [-0.2, -0.15) is 0 Å². The lowest BCUT2D eigenvalue weighted by Crippen LogP contribution is -2.42. The van der Waals surface area contributed by atoms with Crippen molar-refractivity contribution in [2.75, 3.05) is 0 Å². The predicted molar refractivity (Wildman–Crippen MR) is 88.7 cm³/mol. The first-order valence-corrected chi connectivity index (χ1v) is 7.87. The van der Waals surface area contributed by atoms with Crippen LogP contribution in [0.5, 0.6) is 0 Å². The van der Waals surface area contributed by atoms with Crippen LogP contribution in [-0.2, 0) is 24.3 Å². The molecule has 2 aromatic carbocycles. The lowest BCUT2D eigenvalue weighted by atomic mass is 9.93. The quantitative estimate of drug-likeness (QED) is 0.938. The molecule has 0 saturated carbocycles. The van der Waals surface area contributed by atoms with Crippen LogP contribution in [0.25, 0.3) is 0 Å². The zero-order chi connectivity index (χ0) is 17.1. The van der Waals surface area contributed by atoms with Gasteiger partial charge < -0.3 is 14.7 Å². The van der Waals surface area contributed by atoms with Crippen molar-refractivity contribution in [3.05, 3.63) is 70.8 Å². The van der Waals surface area contributed by atoms with E-state index in [-0.39, 0.29) is 24.3 Å². The van der Waals surface area contributed by atoms with Gasteiger partial charge in [0.15, 0.2) is 0 Å². The van der Waals surface area contributed by atoms with E-state index in [0.717, 1.165) is 16.7 Å². The summed E-state index contributed by atoms with van der Waals surface area (Å²) in [5.41, 5.74) is 3.17. The van der Waals surface area contributed by atoms with Crippen LogP contribution in [0.3, 0.4) is 0 Å². The molecule has 24 heavy (non-hydrogen) atoms. The van der Waals surface area contributed by atoms with Gasteiger partial charge in [0.05, 0.1) is 5.56 Å². The van der Waals surface area contributed by atoms with E-state index in [0.29, 0.717) is 13.0 Å². The zero-order valence-electron chi connectivity index (χ0n) is 13.4. The van der Waals surface area contributed by atoms with Crippen LogP contribution in [-0.4, -0.2) is 28.1 Å². The second kappa shape index (κ2) is 6.74. The molecule has 124 valence electrons. The SMILES string of the molecule is CC1Cc2cc(C(=O)O)ccc2CN1C(=O)OCc1ccccc1. The highest BCUT2D eigenvalue weighted by Crippen LogP contribution is 2.25. The Morgan fingerprint density at radius 2 is 1.92 bits per heavy atom. The third-order valence-corrected chi connectivity index (χ3v) is 4.28. The molecule has 0 radical (unpaired) electrons. The summed E-state index contributed by atoms with van der Waals surface area (Å²) in [5.74, 6) is -0.935. The van der Waals surface area contributed by atoms with Gasteiger partial charge in [0.2, 0.25) is 0 Å². The van der Waals surface area contributed by atoms with E-state index in [1.807, 2.05) is 37.3 Å². The molecule has 0 bridgehead atoms. The maximum absolute atomic E-state index is 12.4. The summed E-state index contributed by atoms with van der Waals surface area (Å²) in [5, 5.41) is 9.09. The molecule has 0 spiro atoms. The number of carboxylic acids is 1. The first-order chi connectivity index (χ1) is 11.5. The van der Waals surface area contributed by atoms with Gasteiger partial charge in [-0.1, -0.05) is 36.4 Å². The number of rotatable bonds is 3. The highest BCUT2D eigenvalue weighted by molar-refractivity contribution is 5.88. The summed E-state index contributed by atoms with van der Waals surface area (Å²) in [4.78, 5) is 25.1. The smallest absolute Gasteiger partial charge is 0.410 e. The lowest BCUT2D eigenvalue weighted by molar-refractivity contribution is 0.0692. The van der Waals surface area contributed by atoms with Gasteiger partial charge in [-0.3, -0.25) is 0 Å². The molecular weight excluding hydrogens is 306 g/mol. The molecule has 1 aliphatic rings. The largest absolute Gasteiger partial charge is 0.478 e. The second-order valence-corrected chi connectivity index (χ2v) is 6.01. The maximum Gasteiger partial charge on any atom is 0.410 e. The number of carboxylic acid groups (broad SMARTS) is 1. The van der Waals surface area contributed by atoms with Gasteiger partial charge in [-0.05, 0) is 42.2 Å². The van der Waals surface area contributed by atoms with Crippen molar-refractivity contribution in [1.82, 2.24) is 4.90 Å². The molecule has 1 aliphatic heterocycles. The molecule has 0 saturated heterocycles. The average molecular weight is 325 g/mol. The minimum Gasteiger partial charge on any atom is -0.478 e. The van der Waals surface area contributed by atoms with E-state index in [1.54, 1.807) is 23.1 Å². The standard InChI is InChI=1S/C19H19NO4/c1-13-9-17-10-15(18(21)22)7-8-16(17)11-20(13)19(23)24-12-14-5-3-2-4-6-14/h2-8,10,13H,9,11-12H2,1H3,(H,21,22). The molecule has 0 aliphatic carbocycles. The summed E-state index contributed by atoms with van der Waals surface area (Å²) in [7, 11) is 0. The molecule has 1 N–H and O–H groups in total. The van der Waals surface area contributed by atoms with Gasteiger partial charge in [-0.25, -0.2) is 9.59 Å². The van der Waals surface area contributed by atoms with E-state index in [4.69, 9.17) is 9.84 Å². The van der Waals surface area contributed by atoms with Crippen molar-refractivity contribution in [3.63, 3.8) is 0 Å². The fraction of sp³-hybridized carbons (Fsp3) is 0.263. The minimum atomic E-state index is -0.935. The van der Waals surface area contributed by atoms with Crippen LogP contribution in [0.4, 0.5) is 4.79 Å². The summed E-state index contributed by atoms with van der Waals surface area (Å²) in [6, 6.07) is 14.6. The van der Waals surface area contributed by atoms with Gasteiger partial charge in [0.25, 0.3) is 0 Å². The summed E-state index contributed by atoms with van der Waals surface area (Å²) in [6.45, 7) is 2.62. The van der Waals surface area contributed by atoms with Crippen LogP contribution in [0.2, 0.25) is 0 Å². The predicted octanol–water partition coefficient (Wildman–Crippen LogP) is 3.47. The number of carbonyl (C=O) groups is 2. The van der Waals surface area contributed by atoms with Crippen LogP contribution < -0.4 is 0 Å². The van der Waals surface area contributed by atoms with Crippen LogP contribution >= 0.6 is 0 Å². The van der Waals surface area contributed by atoms with Gasteiger partial charge in [-0.15, -0.1) is 0 Å². The molecule has 5 nitrogen and oxygen atoms in total. The third-order valence-electron chi connectivity index (χ3n) is 4.28. The molecule has 0 aromatic heterocycles. The second-order valence-electron chi connectivity index (χ2n) is 6.01. The van der Waals surface area contributed by atoms with Crippen molar-refractivity contribution in [3.8, 4) is 0 Å². The molecule has 3 rings (SSSR count). The van der Waals surface area contributed by atoms with Crippen molar-refractivity contribution in [2.45, 2.75) is 32.5 Å². The topological polar surface area (TPSA) is 66.8 Å². The maximum atomic E-state index is 12.4. The highest BCUT2D eigenvalue weighted by Gasteiger charge is 2.28. The number of carbonyl (C=O) groups excluding carboxylic acids is 1. The van der Waals surface area contributed by atoms with Crippen molar-refractivity contribution in [1.29, 1.82) is 0 Å². The van der Waals surface area contributed by atoms with Crippen LogP contribution in [0, 0.1) is 0 Å². The number of ether oxygens (including phenoxy) is 1. The fourth-order valence-electron chi connectivity index (χ4n) is 2.92. The molecule has 1 unspecified atom stereocenters. The van der Waals surface area contributed by atoms with E-state index in [2.05, 4.69) is 0 Å². The average Bonchev–Trinajstić information content (AvgIpc) is 2.59. The summed E-state index contributed by atoms with van der Waals surface area (Å²) in [6.07, 6.45) is 0.274. The van der Waals surface area contributed by atoms with Crippen LogP contribution in [0.15, 0.2) is 48.5 Å². The number of benzene rings is 2. The lowest BCUT2D eigenvalue weighted by Gasteiger charge is -2.34. The van der Waals surface area contributed by atoms with E-state index in [1.165, 1.54) is 0 Å². The Bertz CT molecular complexity index is 757. The number of hydrogen-bond acceptors (Lipinski definition) is 3. The zero-order valence-corrected chi connectivity index (χ0v) is 13.4. The number of nitrogens with zero attached hydrogens (tertiary/aromatic N) is 1. The number of fused-ring (bicyclic) bond motifs is 1. The van der Waals surface area contributed by atoms with Crippen molar-refractivity contribution < 1.29 is 19.4 Å². The van der Waals surface area contributed by atoms with Gasteiger partial charge in [0, 0.05) is 12.6 Å². The van der Waals surface area contributed by atoms with Crippen LogP contribution in [0.1, 0.15) is 34.0 Å². The van der Waals surface area contributed by atoms with E-state index in [9.17, 15) is 9.59 Å². The Morgan fingerprint density at radius 1 is 1.17 bits per heavy atom. The number of hydrogen-bond donors (Lipinski definition) is 1. The number of aromatic carboxylic acids is 1. The number of amides is 1. The third kappa shape index (κ3) is 3.40. The van der Waals surface area contributed by atoms with E-state index >= 15 is 0 Å². The molecule has 1 heterocycles. The first kappa shape index (κ1) is 16.1. The molecule has 1 atom stereocenters. The molecule has 0 fully saturated rings. The Balaban J connectivity index is 1.69.